The van der Waals surface area contributed by atoms with E-state index in [1.54, 1.807) is 15.3 Å². The minimum Gasteiger partial charge on any atom is -0.348 e. The van der Waals surface area contributed by atoms with Gasteiger partial charge in [-0.25, -0.2) is 14.5 Å². The van der Waals surface area contributed by atoms with E-state index in [1.807, 2.05) is 38.1 Å². The minimum atomic E-state index is -0.165. The second-order valence-corrected chi connectivity index (χ2v) is 7.04. The number of carbonyl (C=O) groups is 1. The van der Waals surface area contributed by atoms with Gasteiger partial charge < -0.3 is 10.2 Å². The lowest BCUT2D eigenvalue weighted by Crippen LogP contribution is -2.36. The van der Waals surface area contributed by atoms with Gasteiger partial charge in [0.05, 0.1) is 6.54 Å². The van der Waals surface area contributed by atoms with Gasteiger partial charge in [0.15, 0.2) is 0 Å². The normalized spacial score (nSPS) is 17.0. The average molecular weight is 358 g/mol. The zero-order chi connectivity index (χ0) is 18.7. The van der Waals surface area contributed by atoms with E-state index in [2.05, 4.69) is 15.4 Å². The highest BCUT2D eigenvalue weighted by Crippen LogP contribution is 2.12. The minimum absolute atomic E-state index is 0.0149. The fourth-order valence-corrected chi connectivity index (χ4v) is 3.14. The molecule has 1 aliphatic rings. The van der Waals surface area contributed by atoms with E-state index in [-0.39, 0.29) is 17.6 Å². The Morgan fingerprint density at radius 3 is 2.88 bits per heavy atom. The molecule has 0 aliphatic carbocycles. The van der Waals surface area contributed by atoms with Gasteiger partial charge in [-0.1, -0.05) is 6.07 Å². The topological polar surface area (TPSA) is 85.0 Å². The Morgan fingerprint density at radius 1 is 1.35 bits per heavy atom. The van der Waals surface area contributed by atoms with Crippen LogP contribution in [0.3, 0.4) is 0 Å². The number of nitrogens with zero attached hydrogens (tertiary/aromatic N) is 5. The van der Waals surface area contributed by atoms with Crippen molar-refractivity contribution in [2.75, 3.05) is 20.6 Å². The maximum atomic E-state index is 12.5. The lowest BCUT2D eigenvalue weighted by Gasteiger charge is -2.16. The molecule has 1 amide bonds. The Labute approximate surface area is 152 Å². The van der Waals surface area contributed by atoms with Crippen LogP contribution in [0.25, 0.3) is 0 Å². The number of aryl methyl sites for hydroxylation is 2. The van der Waals surface area contributed by atoms with E-state index in [4.69, 9.17) is 0 Å². The molecule has 3 rings (SSSR count). The highest BCUT2D eigenvalue weighted by molar-refractivity contribution is 5.92. The zero-order valence-electron chi connectivity index (χ0n) is 15.6. The van der Waals surface area contributed by atoms with Crippen molar-refractivity contribution < 1.29 is 4.79 Å². The number of likely N-dealkylation sites (N-methyl/N-ethyl adjacent to an activating group) is 1. The summed E-state index contributed by atoms with van der Waals surface area (Å²) in [6.07, 6.45) is 2.15. The molecule has 2 aromatic rings. The molecule has 1 unspecified atom stereocenters. The number of hydrogen-bond donors (Lipinski definition) is 1. The van der Waals surface area contributed by atoms with Crippen molar-refractivity contribution >= 4 is 5.91 Å². The van der Waals surface area contributed by atoms with Crippen molar-refractivity contribution in [3.8, 4) is 0 Å². The van der Waals surface area contributed by atoms with Crippen LogP contribution in [0, 0.1) is 6.92 Å². The van der Waals surface area contributed by atoms with Crippen LogP contribution in [0.1, 0.15) is 34.8 Å². The van der Waals surface area contributed by atoms with Crippen LogP contribution in [0.15, 0.2) is 23.0 Å². The van der Waals surface area contributed by atoms with Crippen LogP contribution in [-0.4, -0.2) is 56.8 Å². The molecular formula is C18H26N6O2. The Balaban J connectivity index is 1.63. The third-order valence-corrected chi connectivity index (χ3v) is 4.63. The van der Waals surface area contributed by atoms with Crippen LogP contribution in [-0.2, 0) is 19.5 Å². The van der Waals surface area contributed by atoms with Crippen LogP contribution in [0.4, 0.5) is 0 Å². The maximum absolute atomic E-state index is 12.5. The summed E-state index contributed by atoms with van der Waals surface area (Å²) in [7, 11) is 3.95. The van der Waals surface area contributed by atoms with Crippen molar-refractivity contribution in [3.63, 3.8) is 0 Å². The molecule has 0 radical (unpaired) electrons. The summed E-state index contributed by atoms with van der Waals surface area (Å²) in [5, 5.41) is 7.52. The number of amides is 1. The number of carbonyl (C=O) groups excluding carboxylic acids is 1. The molecule has 26 heavy (non-hydrogen) atoms. The van der Waals surface area contributed by atoms with Crippen molar-refractivity contribution in [1.82, 2.24) is 29.5 Å². The third kappa shape index (κ3) is 4.19. The van der Waals surface area contributed by atoms with E-state index in [9.17, 15) is 9.59 Å². The Morgan fingerprint density at radius 2 is 2.15 bits per heavy atom. The molecule has 3 heterocycles. The highest BCUT2D eigenvalue weighted by atomic mass is 16.2. The molecule has 0 spiro atoms. The Kier molecular flexibility index (Phi) is 5.51. The van der Waals surface area contributed by atoms with Crippen molar-refractivity contribution in [3.05, 3.63) is 45.9 Å². The Hall–Kier alpha value is -2.48. The molecule has 0 bridgehead atoms. The van der Waals surface area contributed by atoms with Gasteiger partial charge in [-0.3, -0.25) is 9.36 Å². The third-order valence-electron chi connectivity index (χ3n) is 4.63. The molecule has 2 aromatic heterocycles. The first-order chi connectivity index (χ1) is 12.4. The van der Waals surface area contributed by atoms with Gasteiger partial charge >= 0.3 is 5.69 Å². The van der Waals surface area contributed by atoms with Gasteiger partial charge in [-0.05, 0) is 46.0 Å². The summed E-state index contributed by atoms with van der Waals surface area (Å²) in [6.45, 7) is 3.80. The number of fused-ring (bicyclic) bond motifs is 1. The molecule has 0 fully saturated rings. The average Bonchev–Trinajstić information content (AvgIpc) is 2.76. The molecule has 140 valence electrons. The van der Waals surface area contributed by atoms with E-state index in [0.29, 0.717) is 31.6 Å². The fourth-order valence-electron chi connectivity index (χ4n) is 3.14. The molecule has 1 aliphatic heterocycles. The lowest BCUT2D eigenvalue weighted by atomic mass is 10.1. The van der Waals surface area contributed by atoms with Gasteiger partial charge in [0, 0.05) is 31.2 Å². The molecular weight excluding hydrogens is 332 g/mol. The summed E-state index contributed by atoms with van der Waals surface area (Å²) in [5.41, 5.74) is 1.18. The first kappa shape index (κ1) is 18.3. The molecule has 8 heteroatoms. The fraction of sp³-hybridized carbons (Fsp3) is 0.556. The predicted molar refractivity (Wildman–Crippen MR) is 98.2 cm³/mol. The van der Waals surface area contributed by atoms with Gasteiger partial charge in [-0.15, -0.1) is 0 Å². The van der Waals surface area contributed by atoms with E-state index in [0.717, 1.165) is 24.5 Å². The first-order valence-corrected chi connectivity index (χ1v) is 9.00. The van der Waals surface area contributed by atoms with Crippen LogP contribution >= 0.6 is 0 Å². The first-order valence-electron chi connectivity index (χ1n) is 9.00. The summed E-state index contributed by atoms with van der Waals surface area (Å²) in [6, 6.07) is 5.42. The van der Waals surface area contributed by atoms with E-state index >= 15 is 0 Å². The summed E-state index contributed by atoms with van der Waals surface area (Å²) in [5.74, 6) is 0.640. The molecule has 8 nitrogen and oxygen atoms in total. The zero-order valence-corrected chi connectivity index (χ0v) is 15.6. The van der Waals surface area contributed by atoms with Crippen LogP contribution < -0.4 is 11.0 Å². The molecule has 1 atom stereocenters. The molecule has 1 N–H and O–H groups in total. The van der Waals surface area contributed by atoms with Gasteiger partial charge in [-0.2, -0.15) is 5.10 Å². The largest absolute Gasteiger partial charge is 0.348 e. The van der Waals surface area contributed by atoms with Crippen molar-refractivity contribution in [2.45, 2.75) is 45.3 Å². The number of aromatic nitrogens is 4. The summed E-state index contributed by atoms with van der Waals surface area (Å²) in [4.78, 5) is 31.2. The molecule has 0 saturated heterocycles. The lowest BCUT2D eigenvalue weighted by molar-refractivity contribution is 0.0927. The Bertz CT molecular complexity index is 838. The standard InChI is InChI=1S/C18H26N6O2/c1-13-5-4-6-15(19-13)17(25)20-14-7-8-16-21-24(12-11-22(2)3)18(26)23(16)10-9-14/h4-6,14H,7-12H2,1-3H3,(H,20,25). The number of hydrogen-bond acceptors (Lipinski definition) is 5. The van der Waals surface area contributed by atoms with E-state index < -0.39 is 0 Å². The maximum Gasteiger partial charge on any atom is 0.345 e. The molecule has 0 aromatic carbocycles. The van der Waals surface area contributed by atoms with Gasteiger partial charge in [0.25, 0.3) is 5.91 Å². The van der Waals surface area contributed by atoms with Gasteiger partial charge in [0.1, 0.15) is 11.5 Å². The van der Waals surface area contributed by atoms with Crippen molar-refractivity contribution in [1.29, 1.82) is 0 Å². The second kappa shape index (κ2) is 7.82. The number of pyridine rings is 1. The highest BCUT2D eigenvalue weighted by Gasteiger charge is 2.22. The molecule has 0 saturated carbocycles. The smallest absolute Gasteiger partial charge is 0.345 e. The summed E-state index contributed by atoms with van der Waals surface area (Å²) < 4.78 is 3.29. The quantitative estimate of drug-likeness (QED) is 0.839. The van der Waals surface area contributed by atoms with Crippen LogP contribution in [0.5, 0.6) is 0 Å². The van der Waals surface area contributed by atoms with E-state index in [1.165, 1.54) is 0 Å². The summed E-state index contributed by atoms with van der Waals surface area (Å²) >= 11 is 0. The van der Waals surface area contributed by atoms with Gasteiger partial charge in [0.2, 0.25) is 0 Å². The number of nitrogens with one attached hydrogen (secondary N) is 1. The predicted octanol–water partition coefficient (Wildman–Crippen LogP) is 0.445. The van der Waals surface area contributed by atoms with Crippen LogP contribution in [0.2, 0.25) is 0 Å². The number of rotatable bonds is 5. The van der Waals surface area contributed by atoms with Crippen molar-refractivity contribution in [2.24, 2.45) is 0 Å². The SMILES string of the molecule is Cc1cccc(C(=O)NC2CCc3nn(CCN(C)C)c(=O)n3CC2)n1. The second-order valence-electron chi connectivity index (χ2n) is 7.04. The monoisotopic (exact) mass is 358 g/mol.